The lowest BCUT2D eigenvalue weighted by molar-refractivity contribution is -0.384. The number of anilines is 2. The molecule has 0 aliphatic carbocycles. The van der Waals surface area contributed by atoms with Gasteiger partial charge in [0.05, 0.1) is 23.8 Å². The third-order valence-corrected chi connectivity index (χ3v) is 6.36. The Bertz CT molecular complexity index is 891. The first-order chi connectivity index (χ1) is 14.6. The molecule has 2 aromatic rings. The van der Waals surface area contributed by atoms with Crippen LogP contribution < -0.4 is 10.2 Å². The molecule has 0 atom stereocenters. The number of nitrogens with one attached hydrogen (secondary N) is 1. The van der Waals surface area contributed by atoms with Gasteiger partial charge >= 0.3 is 0 Å². The minimum absolute atomic E-state index is 0.0236. The lowest BCUT2D eigenvalue weighted by atomic mass is 9.95. The summed E-state index contributed by atoms with van der Waals surface area (Å²) in [5, 5.41) is 16.8. The fraction of sp³-hybridized carbons (Fsp3) is 0.500. The average molecular weight is 432 g/mol. The molecule has 1 aromatic heterocycles. The number of ether oxygens (including phenoxy) is 1. The van der Waals surface area contributed by atoms with E-state index in [1.165, 1.54) is 17.4 Å². The smallest absolute Gasteiger partial charge is 0.292 e. The first-order valence-electron chi connectivity index (χ1n) is 10.1. The Morgan fingerprint density at radius 3 is 2.70 bits per heavy atom. The minimum Gasteiger partial charge on any atom is -0.379 e. The van der Waals surface area contributed by atoms with Gasteiger partial charge in [0.1, 0.15) is 5.69 Å². The number of nitro benzene ring substituents is 1. The molecule has 2 saturated heterocycles. The van der Waals surface area contributed by atoms with Gasteiger partial charge in [-0.2, -0.15) is 0 Å². The number of amides is 1. The summed E-state index contributed by atoms with van der Waals surface area (Å²) in [7, 11) is 0. The Morgan fingerprint density at radius 2 is 1.97 bits per heavy atom. The van der Waals surface area contributed by atoms with E-state index < -0.39 is 0 Å². The molecule has 1 amide bonds. The third kappa shape index (κ3) is 4.94. The number of thiazole rings is 1. The first kappa shape index (κ1) is 20.7. The number of aromatic nitrogens is 1. The van der Waals surface area contributed by atoms with Crippen LogP contribution in [0.4, 0.5) is 16.5 Å². The second-order valence-electron chi connectivity index (χ2n) is 7.53. The van der Waals surface area contributed by atoms with Crippen molar-refractivity contribution in [2.45, 2.75) is 19.4 Å². The van der Waals surface area contributed by atoms with Crippen molar-refractivity contribution >= 4 is 33.8 Å². The normalized spacial score (nSPS) is 18.3. The Hall–Kier alpha value is -2.56. The number of morpholine rings is 1. The van der Waals surface area contributed by atoms with Crippen LogP contribution in [0.15, 0.2) is 29.6 Å². The van der Waals surface area contributed by atoms with Crippen LogP contribution in [0.25, 0.3) is 0 Å². The predicted molar refractivity (Wildman–Crippen MR) is 115 cm³/mol. The molecule has 0 unspecified atom stereocenters. The molecule has 30 heavy (non-hydrogen) atoms. The Kier molecular flexibility index (Phi) is 6.56. The summed E-state index contributed by atoms with van der Waals surface area (Å²) in [5.74, 6) is -0.139. The van der Waals surface area contributed by atoms with Crippen molar-refractivity contribution in [3.63, 3.8) is 0 Å². The highest BCUT2D eigenvalue weighted by Crippen LogP contribution is 2.31. The number of carbonyl (C=O) groups excluding carboxylic acids is 1. The van der Waals surface area contributed by atoms with Crippen molar-refractivity contribution in [2.75, 3.05) is 49.6 Å². The molecule has 2 fully saturated rings. The fourth-order valence-electron chi connectivity index (χ4n) is 3.90. The number of hydrogen-bond acceptors (Lipinski definition) is 8. The number of carbonyl (C=O) groups is 1. The van der Waals surface area contributed by atoms with Crippen LogP contribution in [0.1, 0.15) is 18.5 Å². The number of hydrogen-bond donors (Lipinski definition) is 1. The Balaban J connectivity index is 1.29. The van der Waals surface area contributed by atoms with Crippen molar-refractivity contribution in [1.82, 2.24) is 9.88 Å². The molecule has 160 valence electrons. The molecule has 2 aliphatic rings. The van der Waals surface area contributed by atoms with Gasteiger partial charge in [0.25, 0.3) is 5.69 Å². The number of nitrogens with zero attached hydrogens (tertiary/aromatic N) is 4. The average Bonchev–Trinajstić information content (AvgIpc) is 3.21. The van der Waals surface area contributed by atoms with Crippen molar-refractivity contribution in [1.29, 1.82) is 0 Å². The zero-order valence-electron chi connectivity index (χ0n) is 16.7. The maximum Gasteiger partial charge on any atom is 0.292 e. The molecule has 0 spiro atoms. The summed E-state index contributed by atoms with van der Waals surface area (Å²) in [5.41, 5.74) is 1.69. The van der Waals surface area contributed by atoms with E-state index in [1.807, 2.05) is 10.3 Å². The van der Waals surface area contributed by atoms with E-state index in [4.69, 9.17) is 4.74 Å². The lowest BCUT2D eigenvalue weighted by Gasteiger charge is -2.32. The molecule has 3 heterocycles. The van der Waals surface area contributed by atoms with Crippen LogP contribution in [0.5, 0.6) is 0 Å². The zero-order chi connectivity index (χ0) is 20.9. The monoisotopic (exact) mass is 431 g/mol. The Morgan fingerprint density at radius 1 is 1.23 bits per heavy atom. The van der Waals surface area contributed by atoms with E-state index in [0.29, 0.717) is 36.8 Å². The topological polar surface area (TPSA) is 101 Å². The molecule has 10 heteroatoms. The van der Waals surface area contributed by atoms with Gasteiger partial charge in [0.15, 0.2) is 5.13 Å². The molecule has 2 aliphatic heterocycles. The number of para-hydroxylation sites is 2. The number of piperidine rings is 1. The highest BCUT2D eigenvalue weighted by molar-refractivity contribution is 7.13. The molecular weight excluding hydrogens is 406 g/mol. The van der Waals surface area contributed by atoms with Gasteiger partial charge in [-0.1, -0.05) is 12.1 Å². The van der Waals surface area contributed by atoms with Gasteiger partial charge in [0.2, 0.25) is 5.91 Å². The Labute approximate surface area is 178 Å². The van der Waals surface area contributed by atoms with Gasteiger partial charge < -0.3 is 15.0 Å². The highest BCUT2D eigenvalue weighted by atomic mass is 32.1. The van der Waals surface area contributed by atoms with E-state index in [-0.39, 0.29) is 22.4 Å². The van der Waals surface area contributed by atoms with E-state index in [2.05, 4.69) is 15.2 Å². The van der Waals surface area contributed by atoms with Gasteiger partial charge in [-0.25, -0.2) is 4.98 Å². The van der Waals surface area contributed by atoms with Crippen molar-refractivity contribution < 1.29 is 14.5 Å². The summed E-state index contributed by atoms with van der Waals surface area (Å²) in [6.07, 6.45) is 1.31. The van der Waals surface area contributed by atoms with Crippen molar-refractivity contribution in [3.8, 4) is 0 Å². The van der Waals surface area contributed by atoms with Crippen LogP contribution >= 0.6 is 11.3 Å². The maximum absolute atomic E-state index is 12.7. The molecule has 0 radical (unpaired) electrons. The second kappa shape index (κ2) is 9.50. The lowest BCUT2D eigenvalue weighted by Crippen LogP contribution is -2.38. The third-order valence-electron chi connectivity index (χ3n) is 5.56. The zero-order valence-corrected chi connectivity index (χ0v) is 17.5. The summed E-state index contributed by atoms with van der Waals surface area (Å²) >= 11 is 1.45. The predicted octanol–water partition coefficient (Wildman–Crippen LogP) is 2.74. The van der Waals surface area contributed by atoms with E-state index >= 15 is 0 Å². The minimum atomic E-state index is -0.356. The van der Waals surface area contributed by atoms with Crippen LogP contribution in [0, 0.1) is 16.0 Å². The van der Waals surface area contributed by atoms with E-state index in [9.17, 15) is 14.9 Å². The molecule has 9 nitrogen and oxygen atoms in total. The standard InChI is InChI=1S/C20H25N5O4S/c26-19(22-20-21-16(14-30-20)13-23-9-11-29-12-10-23)15-5-7-24(8-6-15)17-3-1-2-4-18(17)25(27)28/h1-4,14-15H,5-13H2,(H,21,22,26). The second-order valence-corrected chi connectivity index (χ2v) is 8.39. The number of benzene rings is 1. The quantitative estimate of drug-likeness (QED) is 0.554. The summed E-state index contributed by atoms with van der Waals surface area (Å²) in [6.45, 7) is 5.29. The molecule has 0 saturated carbocycles. The van der Waals surface area contributed by atoms with Gasteiger partial charge in [-0.15, -0.1) is 11.3 Å². The molecule has 1 aromatic carbocycles. The highest BCUT2D eigenvalue weighted by Gasteiger charge is 2.28. The summed E-state index contributed by atoms with van der Waals surface area (Å²) in [6, 6.07) is 6.76. The summed E-state index contributed by atoms with van der Waals surface area (Å²) in [4.78, 5) is 32.4. The summed E-state index contributed by atoms with van der Waals surface area (Å²) < 4.78 is 5.36. The van der Waals surface area contributed by atoms with Crippen molar-refractivity contribution in [3.05, 3.63) is 45.5 Å². The molecule has 0 bridgehead atoms. The first-order valence-corrected chi connectivity index (χ1v) is 11.0. The molecule has 1 N–H and O–H groups in total. The van der Waals surface area contributed by atoms with E-state index in [1.54, 1.807) is 18.2 Å². The number of rotatable bonds is 6. The van der Waals surface area contributed by atoms with Gasteiger partial charge in [-0.3, -0.25) is 19.8 Å². The van der Waals surface area contributed by atoms with Gasteiger partial charge in [-0.05, 0) is 18.9 Å². The van der Waals surface area contributed by atoms with Crippen molar-refractivity contribution in [2.24, 2.45) is 5.92 Å². The SMILES string of the molecule is O=C(Nc1nc(CN2CCOCC2)cs1)C1CCN(c2ccccc2[N+](=O)[O-])CC1. The van der Waals surface area contributed by atoms with Crippen LogP contribution in [0.2, 0.25) is 0 Å². The number of nitro groups is 1. The van der Waals surface area contributed by atoms with Crippen LogP contribution in [-0.4, -0.2) is 60.1 Å². The maximum atomic E-state index is 12.7. The van der Waals surface area contributed by atoms with Crippen LogP contribution in [-0.2, 0) is 16.1 Å². The van der Waals surface area contributed by atoms with Gasteiger partial charge in [0, 0.05) is 50.1 Å². The largest absolute Gasteiger partial charge is 0.379 e. The van der Waals surface area contributed by atoms with E-state index in [0.717, 1.165) is 38.5 Å². The molecule has 4 rings (SSSR count). The van der Waals surface area contributed by atoms with Crippen LogP contribution in [0.3, 0.4) is 0 Å². The fourth-order valence-corrected chi connectivity index (χ4v) is 4.61. The molecular formula is C20H25N5O4S.